The highest BCUT2D eigenvalue weighted by atomic mass is 16.4. The van der Waals surface area contributed by atoms with Gasteiger partial charge in [-0.05, 0) is 50.4 Å². The number of carbonyl (C=O) groups is 3. The molecule has 6 heteroatoms. The van der Waals surface area contributed by atoms with Gasteiger partial charge in [0.05, 0.1) is 11.3 Å². The molecule has 0 aliphatic heterocycles. The minimum Gasteiger partial charge on any atom is -0.505 e. The lowest BCUT2D eigenvalue weighted by atomic mass is 9.65. The van der Waals surface area contributed by atoms with Gasteiger partial charge in [0.15, 0.2) is 0 Å². The van der Waals surface area contributed by atoms with E-state index in [1.54, 1.807) is 0 Å². The zero-order valence-corrected chi connectivity index (χ0v) is 17.5. The summed E-state index contributed by atoms with van der Waals surface area (Å²) in [5, 5.41) is 21.6. The predicted molar refractivity (Wildman–Crippen MR) is 111 cm³/mol. The van der Waals surface area contributed by atoms with Gasteiger partial charge < -0.3 is 15.5 Å². The summed E-state index contributed by atoms with van der Waals surface area (Å²) in [7, 11) is 0. The van der Waals surface area contributed by atoms with Gasteiger partial charge in [0, 0.05) is 6.08 Å². The highest BCUT2D eigenvalue weighted by molar-refractivity contribution is 6.48. The third-order valence-corrected chi connectivity index (χ3v) is 6.21. The average Bonchev–Trinajstić information content (AvgIpc) is 2.66. The fourth-order valence-corrected chi connectivity index (χ4v) is 4.04. The number of aliphatic hydroxyl groups excluding tert-OH is 1. The second-order valence-electron chi connectivity index (χ2n) is 8.46. The fourth-order valence-electron chi connectivity index (χ4n) is 4.04. The normalized spacial score (nSPS) is 25.9. The van der Waals surface area contributed by atoms with E-state index in [2.05, 4.69) is 25.7 Å². The molecule has 2 aliphatic rings. The van der Waals surface area contributed by atoms with Crippen molar-refractivity contribution in [3.8, 4) is 0 Å². The van der Waals surface area contributed by atoms with Gasteiger partial charge >= 0.3 is 5.97 Å². The molecule has 0 spiro atoms. The summed E-state index contributed by atoms with van der Waals surface area (Å²) in [6.07, 6.45) is 8.27. The standard InChI is InChI=1S/C23H31NO5/c1-14(9-11-23(4)10-5-6-15(2)16(23)3)7-8-17-21(28)18(24-13-20(26)27)12-19(25)22(17)29/h7,12,15,24,28H,3,5-6,8-11,13H2,1-2,4H3,(H,26,27). The Bertz CT molecular complexity index is 817. The molecule has 0 saturated heterocycles. The van der Waals surface area contributed by atoms with Gasteiger partial charge in [0.25, 0.3) is 0 Å². The number of hydrogen-bond acceptors (Lipinski definition) is 5. The molecule has 29 heavy (non-hydrogen) atoms. The molecule has 0 amide bonds. The monoisotopic (exact) mass is 401 g/mol. The van der Waals surface area contributed by atoms with Crippen LogP contribution in [0.15, 0.2) is 46.9 Å². The van der Waals surface area contributed by atoms with Gasteiger partial charge in [0.1, 0.15) is 12.3 Å². The minimum absolute atomic E-state index is 0.00773. The van der Waals surface area contributed by atoms with Crippen molar-refractivity contribution in [3.63, 3.8) is 0 Å². The van der Waals surface area contributed by atoms with Crippen LogP contribution in [0.3, 0.4) is 0 Å². The van der Waals surface area contributed by atoms with Gasteiger partial charge in [-0.3, -0.25) is 14.4 Å². The van der Waals surface area contributed by atoms with E-state index < -0.39 is 24.1 Å². The van der Waals surface area contributed by atoms with Crippen LogP contribution in [0, 0.1) is 11.3 Å². The maximum Gasteiger partial charge on any atom is 0.322 e. The predicted octanol–water partition coefficient (Wildman–Crippen LogP) is 4.01. The van der Waals surface area contributed by atoms with Crippen molar-refractivity contribution in [3.05, 3.63) is 46.9 Å². The quantitative estimate of drug-likeness (QED) is 0.323. The van der Waals surface area contributed by atoms with Crippen LogP contribution >= 0.6 is 0 Å². The first kappa shape index (κ1) is 22.7. The Labute approximate surface area is 172 Å². The van der Waals surface area contributed by atoms with Crippen LogP contribution in [0.2, 0.25) is 0 Å². The van der Waals surface area contributed by atoms with Crippen molar-refractivity contribution < 1.29 is 24.6 Å². The number of hydrogen-bond donors (Lipinski definition) is 3. The molecular formula is C23H31NO5. The summed E-state index contributed by atoms with van der Waals surface area (Å²) in [4.78, 5) is 34.8. The molecule has 0 radical (unpaired) electrons. The number of rotatable bonds is 8. The van der Waals surface area contributed by atoms with Crippen LogP contribution in [0.4, 0.5) is 0 Å². The van der Waals surface area contributed by atoms with Gasteiger partial charge in [-0.2, -0.15) is 0 Å². The number of allylic oxidation sites excluding steroid dienone is 5. The molecule has 2 rings (SSSR count). The summed E-state index contributed by atoms with van der Waals surface area (Å²) >= 11 is 0. The van der Waals surface area contributed by atoms with E-state index in [-0.39, 0.29) is 28.9 Å². The minimum atomic E-state index is -1.13. The van der Waals surface area contributed by atoms with Crippen molar-refractivity contribution in [2.75, 3.05) is 6.54 Å². The maximum absolute atomic E-state index is 12.2. The Kier molecular flexibility index (Phi) is 7.22. The summed E-state index contributed by atoms with van der Waals surface area (Å²) in [6, 6.07) is 0. The van der Waals surface area contributed by atoms with Crippen molar-refractivity contribution >= 4 is 17.5 Å². The van der Waals surface area contributed by atoms with Gasteiger partial charge in [-0.1, -0.05) is 44.1 Å². The summed E-state index contributed by atoms with van der Waals surface area (Å²) in [5.41, 5.74) is 2.46. The summed E-state index contributed by atoms with van der Waals surface area (Å²) in [5.74, 6) is -2.48. The molecule has 158 valence electrons. The largest absolute Gasteiger partial charge is 0.505 e. The number of carbonyl (C=O) groups excluding carboxylic acids is 2. The third-order valence-electron chi connectivity index (χ3n) is 6.21. The lowest BCUT2D eigenvalue weighted by molar-refractivity contribution is -0.135. The molecule has 0 heterocycles. The Balaban J connectivity index is 2.06. The summed E-state index contributed by atoms with van der Waals surface area (Å²) < 4.78 is 0. The number of carboxylic acids is 1. The molecule has 0 aromatic carbocycles. The topological polar surface area (TPSA) is 104 Å². The fraction of sp³-hybridized carbons (Fsp3) is 0.522. The van der Waals surface area contributed by atoms with Crippen LogP contribution in [0.5, 0.6) is 0 Å². The first-order valence-electron chi connectivity index (χ1n) is 10.1. The molecule has 0 aromatic rings. The Morgan fingerprint density at radius 3 is 2.76 bits per heavy atom. The Morgan fingerprint density at radius 2 is 2.10 bits per heavy atom. The Hall–Kier alpha value is -2.63. The zero-order valence-electron chi connectivity index (χ0n) is 17.5. The first-order valence-corrected chi connectivity index (χ1v) is 10.1. The second kappa shape index (κ2) is 9.25. The van der Waals surface area contributed by atoms with Crippen molar-refractivity contribution in [2.45, 2.75) is 59.3 Å². The van der Waals surface area contributed by atoms with Crippen LogP contribution in [0.25, 0.3) is 0 Å². The first-order chi connectivity index (χ1) is 13.5. The molecule has 1 fully saturated rings. The molecule has 6 nitrogen and oxygen atoms in total. The van der Waals surface area contributed by atoms with Gasteiger partial charge in [0.2, 0.25) is 11.6 Å². The van der Waals surface area contributed by atoms with Crippen molar-refractivity contribution in [1.29, 1.82) is 0 Å². The lowest BCUT2D eigenvalue weighted by Gasteiger charge is -2.40. The van der Waals surface area contributed by atoms with Crippen molar-refractivity contribution in [2.24, 2.45) is 11.3 Å². The SMILES string of the molecule is C=C1C(C)CCCC1(C)CCC(C)=CCC1=C(O)C(NCC(=O)O)=CC(=O)C1=O. The van der Waals surface area contributed by atoms with E-state index in [4.69, 9.17) is 5.11 Å². The van der Waals surface area contributed by atoms with Crippen LogP contribution in [-0.2, 0) is 14.4 Å². The molecule has 3 N–H and O–H groups in total. The molecule has 2 aliphatic carbocycles. The lowest BCUT2D eigenvalue weighted by Crippen LogP contribution is -2.30. The van der Waals surface area contributed by atoms with Crippen LogP contribution in [-0.4, -0.2) is 34.3 Å². The van der Waals surface area contributed by atoms with E-state index in [0.29, 0.717) is 5.92 Å². The molecule has 2 atom stereocenters. The zero-order chi connectivity index (χ0) is 21.8. The third kappa shape index (κ3) is 5.46. The molecular weight excluding hydrogens is 370 g/mol. The number of aliphatic carboxylic acids is 1. The summed E-state index contributed by atoms with van der Waals surface area (Å²) in [6.45, 7) is 10.3. The highest BCUT2D eigenvalue weighted by Gasteiger charge is 2.33. The molecule has 0 aromatic heterocycles. The van der Waals surface area contributed by atoms with Gasteiger partial charge in [-0.25, -0.2) is 0 Å². The number of ketones is 2. The number of nitrogens with one attached hydrogen (secondary N) is 1. The number of aliphatic hydroxyl groups is 1. The number of Topliss-reactive ketones (excluding diaryl/α,β-unsaturated/α-hetero) is 1. The van der Waals surface area contributed by atoms with Crippen LogP contribution in [0.1, 0.15) is 59.3 Å². The average molecular weight is 402 g/mol. The van der Waals surface area contributed by atoms with Gasteiger partial charge in [-0.15, -0.1) is 0 Å². The van der Waals surface area contributed by atoms with E-state index in [1.165, 1.54) is 18.4 Å². The van der Waals surface area contributed by atoms with Crippen LogP contribution < -0.4 is 5.32 Å². The maximum atomic E-state index is 12.2. The van der Waals surface area contributed by atoms with E-state index >= 15 is 0 Å². The molecule has 2 unspecified atom stereocenters. The second-order valence-corrected chi connectivity index (χ2v) is 8.46. The highest BCUT2D eigenvalue weighted by Crippen LogP contribution is 2.46. The van der Waals surface area contributed by atoms with E-state index in [0.717, 1.165) is 30.9 Å². The molecule has 1 saturated carbocycles. The van der Waals surface area contributed by atoms with E-state index in [1.807, 2.05) is 13.0 Å². The smallest absolute Gasteiger partial charge is 0.322 e. The van der Waals surface area contributed by atoms with E-state index in [9.17, 15) is 19.5 Å². The Morgan fingerprint density at radius 1 is 1.41 bits per heavy atom. The molecule has 0 bridgehead atoms. The number of carboxylic acid groups (broad SMARTS) is 1. The van der Waals surface area contributed by atoms with Crippen molar-refractivity contribution in [1.82, 2.24) is 5.32 Å².